The van der Waals surface area contributed by atoms with Gasteiger partial charge in [0.05, 0.1) is 12.5 Å². The van der Waals surface area contributed by atoms with E-state index in [0.29, 0.717) is 24.4 Å². The molecule has 27 heavy (non-hydrogen) atoms. The summed E-state index contributed by atoms with van der Waals surface area (Å²) in [5.41, 5.74) is 1.39. The van der Waals surface area contributed by atoms with Crippen molar-refractivity contribution in [2.45, 2.75) is 69.5 Å². The molecule has 4 rings (SSSR count). The summed E-state index contributed by atoms with van der Waals surface area (Å²) in [6.07, 6.45) is 8.25. The summed E-state index contributed by atoms with van der Waals surface area (Å²) in [6.45, 7) is 1.66. The molecule has 146 valence electrons. The van der Waals surface area contributed by atoms with Crippen LogP contribution in [0.3, 0.4) is 0 Å². The standard InChI is InChI=1S/C22H31N3O2/c26-21(15-20-22(27)24-19-9-5-4-8-18(19)23-20)25-12-10-17(11-13-25)14-16-6-2-1-3-7-16/h1-3,6-7,17-20,23H,4-5,8-15H2,(H,24,27)/p+1/t18-,19-,20+/m0/s1. The second-order valence-corrected chi connectivity index (χ2v) is 8.58. The average Bonchev–Trinajstić information content (AvgIpc) is 2.70. The quantitative estimate of drug-likeness (QED) is 0.837. The summed E-state index contributed by atoms with van der Waals surface area (Å²) in [4.78, 5) is 27.2. The van der Waals surface area contributed by atoms with Gasteiger partial charge in [0.1, 0.15) is 6.04 Å². The van der Waals surface area contributed by atoms with Crippen molar-refractivity contribution in [1.82, 2.24) is 10.2 Å². The van der Waals surface area contributed by atoms with Crippen molar-refractivity contribution in [2.24, 2.45) is 5.92 Å². The molecule has 3 fully saturated rings. The van der Waals surface area contributed by atoms with E-state index in [1.54, 1.807) is 0 Å². The Labute approximate surface area is 161 Å². The Hall–Kier alpha value is -1.88. The van der Waals surface area contributed by atoms with E-state index >= 15 is 0 Å². The van der Waals surface area contributed by atoms with Crippen LogP contribution in [0.2, 0.25) is 0 Å². The van der Waals surface area contributed by atoms with Crippen LogP contribution in [-0.4, -0.2) is 47.9 Å². The first-order valence-electron chi connectivity index (χ1n) is 10.7. The average molecular weight is 371 g/mol. The Morgan fingerprint density at radius 2 is 1.81 bits per heavy atom. The number of nitrogens with one attached hydrogen (secondary N) is 1. The third-order valence-corrected chi connectivity index (χ3v) is 6.69. The third kappa shape index (κ3) is 4.52. The number of fused-ring (bicyclic) bond motifs is 1. The molecule has 2 heterocycles. The Kier molecular flexibility index (Phi) is 5.77. The van der Waals surface area contributed by atoms with Crippen molar-refractivity contribution < 1.29 is 14.9 Å². The van der Waals surface area contributed by atoms with Crippen LogP contribution in [0.5, 0.6) is 0 Å². The zero-order valence-electron chi connectivity index (χ0n) is 16.1. The van der Waals surface area contributed by atoms with Crippen LogP contribution in [-0.2, 0) is 16.0 Å². The largest absolute Gasteiger partial charge is 0.342 e. The molecule has 1 aromatic carbocycles. The maximum atomic E-state index is 12.8. The number of carbonyl (C=O) groups excluding carboxylic acids is 2. The highest BCUT2D eigenvalue weighted by atomic mass is 16.2. The van der Waals surface area contributed by atoms with Gasteiger partial charge in [-0.25, -0.2) is 0 Å². The SMILES string of the molecule is O=C1N[C@H]2CCCC[C@@H]2[NH2+][C@@H]1CC(=O)N1CCC(Cc2ccccc2)CC1. The molecule has 0 unspecified atom stereocenters. The van der Waals surface area contributed by atoms with Gasteiger partial charge < -0.3 is 15.5 Å². The van der Waals surface area contributed by atoms with Gasteiger partial charge in [-0.15, -0.1) is 0 Å². The predicted octanol–water partition coefficient (Wildman–Crippen LogP) is 1.23. The van der Waals surface area contributed by atoms with Crippen molar-refractivity contribution in [2.75, 3.05) is 13.1 Å². The van der Waals surface area contributed by atoms with Crippen molar-refractivity contribution in [1.29, 1.82) is 0 Å². The summed E-state index contributed by atoms with van der Waals surface area (Å²) in [5, 5.41) is 5.35. The molecule has 2 aliphatic heterocycles. The normalized spacial score (nSPS) is 29.1. The second-order valence-electron chi connectivity index (χ2n) is 8.58. The van der Waals surface area contributed by atoms with Crippen molar-refractivity contribution in [3.63, 3.8) is 0 Å². The van der Waals surface area contributed by atoms with Crippen LogP contribution < -0.4 is 10.6 Å². The van der Waals surface area contributed by atoms with Gasteiger partial charge in [-0.1, -0.05) is 36.8 Å². The monoisotopic (exact) mass is 370 g/mol. The number of benzene rings is 1. The number of nitrogens with zero attached hydrogens (tertiary/aromatic N) is 1. The van der Waals surface area contributed by atoms with E-state index in [1.165, 1.54) is 18.4 Å². The molecule has 0 radical (unpaired) electrons. The fourth-order valence-electron chi connectivity index (χ4n) is 5.06. The Balaban J connectivity index is 1.25. The van der Waals surface area contributed by atoms with Crippen LogP contribution >= 0.6 is 0 Å². The maximum Gasteiger partial charge on any atom is 0.279 e. The molecule has 1 aliphatic carbocycles. The topological polar surface area (TPSA) is 66.0 Å². The van der Waals surface area contributed by atoms with Gasteiger partial charge >= 0.3 is 0 Å². The number of nitrogens with two attached hydrogens (primary N) is 1. The van der Waals surface area contributed by atoms with E-state index in [9.17, 15) is 9.59 Å². The molecule has 0 aromatic heterocycles. The van der Waals surface area contributed by atoms with Gasteiger partial charge in [-0.05, 0) is 43.6 Å². The maximum absolute atomic E-state index is 12.8. The summed E-state index contributed by atoms with van der Waals surface area (Å²) >= 11 is 0. The van der Waals surface area contributed by atoms with Crippen molar-refractivity contribution in [3.8, 4) is 0 Å². The molecule has 0 bridgehead atoms. The summed E-state index contributed by atoms with van der Waals surface area (Å²) in [5.74, 6) is 0.869. The molecule has 1 saturated carbocycles. The first-order valence-corrected chi connectivity index (χ1v) is 10.7. The van der Waals surface area contributed by atoms with Crippen LogP contribution in [0.25, 0.3) is 0 Å². The molecule has 3 aliphatic rings. The molecule has 3 N–H and O–H groups in total. The van der Waals surface area contributed by atoms with Crippen molar-refractivity contribution >= 4 is 11.8 Å². The van der Waals surface area contributed by atoms with E-state index in [4.69, 9.17) is 0 Å². The van der Waals surface area contributed by atoms with Gasteiger partial charge in [-0.2, -0.15) is 0 Å². The number of piperazine rings is 1. The number of likely N-dealkylation sites (tertiary alicyclic amines) is 1. The lowest BCUT2D eigenvalue weighted by atomic mass is 9.87. The Bertz CT molecular complexity index is 655. The van der Waals surface area contributed by atoms with Gasteiger partial charge in [0.15, 0.2) is 6.04 Å². The molecule has 2 amide bonds. The lowest BCUT2D eigenvalue weighted by Gasteiger charge is -2.38. The van der Waals surface area contributed by atoms with E-state index in [1.807, 2.05) is 4.90 Å². The molecule has 3 atom stereocenters. The fourth-order valence-corrected chi connectivity index (χ4v) is 5.06. The molecule has 2 saturated heterocycles. The van der Waals surface area contributed by atoms with Crippen molar-refractivity contribution in [3.05, 3.63) is 35.9 Å². The lowest BCUT2D eigenvalue weighted by molar-refractivity contribution is -0.718. The molecule has 5 heteroatoms. The Morgan fingerprint density at radius 1 is 1.07 bits per heavy atom. The van der Waals surface area contributed by atoms with Gasteiger partial charge in [0.25, 0.3) is 5.91 Å². The van der Waals surface area contributed by atoms with Gasteiger partial charge in [0, 0.05) is 19.5 Å². The smallest absolute Gasteiger partial charge is 0.279 e. The number of rotatable bonds is 4. The summed E-state index contributed by atoms with van der Waals surface area (Å²) < 4.78 is 0. The summed E-state index contributed by atoms with van der Waals surface area (Å²) in [7, 11) is 0. The summed E-state index contributed by atoms with van der Waals surface area (Å²) in [6, 6.07) is 11.2. The van der Waals surface area contributed by atoms with Gasteiger partial charge in [0.2, 0.25) is 5.91 Å². The van der Waals surface area contributed by atoms with Crippen LogP contribution in [0, 0.1) is 5.92 Å². The molecule has 1 aromatic rings. The van der Waals surface area contributed by atoms with E-state index < -0.39 is 0 Å². The molecular formula is C22H32N3O2+. The number of piperidine rings is 1. The minimum Gasteiger partial charge on any atom is -0.342 e. The highest BCUT2D eigenvalue weighted by molar-refractivity contribution is 5.87. The first-order chi connectivity index (χ1) is 13.2. The highest BCUT2D eigenvalue weighted by Gasteiger charge is 2.41. The zero-order valence-corrected chi connectivity index (χ0v) is 16.1. The van der Waals surface area contributed by atoms with E-state index in [0.717, 1.165) is 45.2 Å². The molecule has 5 nitrogen and oxygen atoms in total. The second kappa shape index (κ2) is 8.42. The third-order valence-electron chi connectivity index (χ3n) is 6.69. The number of hydrogen-bond donors (Lipinski definition) is 2. The predicted molar refractivity (Wildman–Crippen MR) is 104 cm³/mol. The van der Waals surface area contributed by atoms with Crippen LogP contribution in [0.15, 0.2) is 30.3 Å². The number of hydrogen-bond acceptors (Lipinski definition) is 2. The minimum atomic E-state index is -0.237. The fraction of sp³-hybridized carbons (Fsp3) is 0.636. The lowest BCUT2D eigenvalue weighted by Crippen LogP contribution is -3.03. The Morgan fingerprint density at radius 3 is 2.59 bits per heavy atom. The number of carbonyl (C=O) groups is 2. The highest BCUT2D eigenvalue weighted by Crippen LogP contribution is 2.23. The molecule has 0 spiro atoms. The van der Waals surface area contributed by atoms with Crippen LogP contribution in [0.1, 0.15) is 50.5 Å². The van der Waals surface area contributed by atoms with Gasteiger partial charge in [-0.3, -0.25) is 9.59 Å². The number of quaternary nitrogens is 1. The first kappa shape index (κ1) is 18.5. The zero-order chi connectivity index (χ0) is 18.6. The minimum absolute atomic E-state index is 0.0606. The van der Waals surface area contributed by atoms with E-state index in [-0.39, 0.29) is 17.9 Å². The number of amides is 2. The van der Waals surface area contributed by atoms with Crippen LogP contribution in [0.4, 0.5) is 0 Å². The molecular weight excluding hydrogens is 338 g/mol. The van der Waals surface area contributed by atoms with E-state index in [2.05, 4.69) is 41.0 Å².